The van der Waals surface area contributed by atoms with Gasteiger partial charge in [-0.2, -0.15) is 0 Å². The number of nitrogens with one attached hydrogen (secondary N) is 2. The summed E-state index contributed by atoms with van der Waals surface area (Å²) >= 11 is 1.71. The van der Waals surface area contributed by atoms with Gasteiger partial charge in [0.05, 0.1) is 6.54 Å². The quantitative estimate of drug-likeness (QED) is 0.575. The van der Waals surface area contributed by atoms with E-state index in [1.165, 1.54) is 37.2 Å². The maximum atomic E-state index is 11.8. The van der Waals surface area contributed by atoms with Crippen LogP contribution in [0.5, 0.6) is 0 Å². The fourth-order valence-electron chi connectivity index (χ4n) is 2.56. The van der Waals surface area contributed by atoms with Crippen LogP contribution in [0.1, 0.15) is 24.1 Å². The van der Waals surface area contributed by atoms with Crippen LogP contribution in [-0.2, 0) is 11.3 Å². The summed E-state index contributed by atoms with van der Waals surface area (Å²) in [5.74, 6) is 0.707. The first-order chi connectivity index (χ1) is 11.6. The molecule has 1 fully saturated rings. The highest BCUT2D eigenvalue weighted by molar-refractivity contribution is 7.09. The predicted octanol–water partition coefficient (Wildman–Crippen LogP) is 1.36. The maximum absolute atomic E-state index is 11.8. The van der Waals surface area contributed by atoms with E-state index in [-0.39, 0.29) is 12.5 Å². The second-order valence-corrected chi connectivity index (χ2v) is 7.25. The van der Waals surface area contributed by atoms with Crippen molar-refractivity contribution < 1.29 is 4.79 Å². The third-order valence-corrected chi connectivity index (χ3v) is 4.93. The van der Waals surface area contributed by atoms with Gasteiger partial charge in [-0.15, -0.1) is 11.3 Å². The Hall–Kier alpha value is -1.60. The summed E-state index contributed by atoms with van der Waals surface area (Å²) in [4.78, 5) is 21.5. The van der Waals surface area contributed by atoms with Crippen molar-refractivity contribution in [2.75, 3.05) is 46.8 Å². The average molecular weight is 352 g/mol. The number of thiophene rings is 1. The molecule has 0 radical (unpaired) electrons. The molecule has 0 aliphatic carbocycles. The monoisotopic (exact) mass is 351 g/mol. The molecule has 1 aliphatic rings. The fraction of sp³-hybridized carbons (Fsp3) is 0.647. The van der Waals surface area contributed by atoms with Gasteiger partial charge in [-0.3, -0.25) is 4.79 Å². The van der Waals surface area contributed by atoms with Gasteiger partial charge >= 0.3 is 0 Å². The molecule has 6 nitrogen and oxygen atoms in total. The molecule has 1 saturated heterocycles. The molecular formula is C17H29N5OS. The molecular weight excluding hydrogens is 322 g/mol. The number of guanidine groups is 1. The van der Waals surface area contributed by atoms with E-state index in [9.17, 15) is 4.79 Å². The Balaban J connectivity index is 1.81. The summed E-state index contributed by atoms with van der Waals surface area (Å²) in [6.07, 6.45) is 3.95. The summed E-state index contributed by atoms with van der Waals surface area (Å²) in [6, 6.07) is 4.13. The van der Waals surface area contributed by atoms with Crippen molar-refractivity contribution in [1.82, 2.24) is 20.4 Å². The minimum absolute atomic E-state index is 0.00301. The zero-order valence-corrected chi connectivity index (χ0v) is 15.6. The number of nitrogens with zero attached hydrogens (tertiary/aromatic N) is 3. The van der Waals surface area contributed by atoms with Gasteiger partial charge in [0.1, 0.15) is 6.54 Å². The molecule has 1 aromatic rings. The summed E-state index contributed by atoms with van der Waals surface area (Å²) in [6.45, 7) is 5.12. The largest absolute Gasteiger partial charge is 0.355 e. The van der Waals surface area contributed by atoms with E-state index in [2.05, 4.69) is 32.0 Å². The smallest absolute Gasteiger partial charge is 0.243 e. The number of carbonyl (C=O) groups is 1. The molecule has 0 bridgehead atoms. The Labute approximate surface area is 148 Å². The molecule has 2 heterocycles. The number of amides is 1. The number of rotatable bonds is 7. The van der Waals surface area contributed by atoms with E-state index in [1.807, 2.05) is 6.07 Å². The van der Waals surface area contributed by atoms with Crippen LogP contribution in [0.15, 0.2) is 22.5 Å². The normalized spacial score (nSPS) is 16.0. The third kappa shape index (κ3) is 6.88. The van der Waals surface area contributed by atoms with Crippen molar-refractivity contribution in [3.05, 3.63) is 22.4 Å². The van der Waals surface area contributed by atoms with E-state index in [0.29, 0.717) is 5.96 Å². The average Bonchev–Trinajstić information content (AvgIpc) is 3.10. The number of hydrogen-bond donors (Lipinski definition) is 2. The Morgan fingerprint density at radius 1 is 1.29 bits per heavy atom. The van der Waals surface area contributed by atoms with Crippen LogP contribution < -0.4 is 10.6 Å². The van der Waals surface area contributed by atoms with Crippen LogP contribution in [0, 0.1) is 0 Å². The lowest BCUT2D eigenvalue weighted by Crippen LogP contribution is -2.43. The van der Waals surface area contributed by atoms with Gasteiger partial charge in [-0.25, -0.2) is 4.99 Å². The standard InChI is InChI=1S/C17H29N5OS/c1-21(2)16(23)14-20-17(19-13-15-7-6-12-24-15)18-8-11-22-9-4-3-5-10-22/h6-7,12H,3-5,8-11,13-14H2,1-2H3,(H2,18,19,20). The minimum atomic E-state index is 0.00301. The van der Waals surface area contributed by atoms with E-state index in [1.54, 1.807) is 30.3 Å². The van der Waals surface area contributed by atoms with Crippen LogP contribution in [-0.4, -0.2) is 68.5 Å². The summed E-state index contributed by atoms with van der Waals surface area (Å²) in [5, 5.41) is 8.73. The number of likely N-dealkylation sites (tertiary alicyclic amines) is 1. The van der Waals surface area contributed by atoms with Crippen LogP contribution >= 0.6 is 11.3 Å². The highest BCUT2D eigenvalue weighted by Gasteiger charge is 2.10. The van der Waals surface area contributed by atoms with Gasteiger partial charge in [0.15, 0.2) is 5.96 Å². The first kappa shape index (κ1) is 18.7. The Morgan fingerprint density at radius 2 is 2.08 bits per heavy atom. The summed E-state index contributed by atoms with van der Waals surface area (Å²) < 4.78 is 0. The summed E-state index contributed by atoms with van der Waals surface area (Å²) in [7, 11) is 3.50. The number of piperidine rings is 1. The number of aliphatic imine (C=N–C) groups is 1. The first-order valence-corrected chi connectivity index (χ1v) is 9.50. The van der Waals surface area contributed by atoms with E-state index >= 15 is 0 Å². The molecule has 2 N–H and O–H groups in total. The highest BCUT2D eigenvalue weighted by Crippen LogP contribution is 2.08. The molecule has 1 amide bonds. The van der Waals surface area contributed by atoms with Crippen molar-refractivity contribution in [1.29, 1.82) is 0 Å². The molecule has 7 heteroatoms. The lowest BCUT2D eigenvalue weighted by molar-refractivity contribution is -0.127. The maximum Gasteiger partial charge on any atom is 0.243 e. The van der Waals surface area contributed by atoms with Crippen LogP contribution in [0.4, 0.5) is 0 Å². The molecule has 0 aromatic carbocycles. The molecule has 1 aromatic heterocycles. The topological polar surface area (TPSA) is 60.0 Å². The van der Waals surface area contributed by atoms with Gasteiger partial charge in [0, 0.05) is 32.1 Å². The van der Waals surface area contributed by atoms with Crippen molar-refractivity contribution in [3.63, 3.8) is 0 Å². The molecule has 134 valence electrons. The highest BCUT2D eigenvalue weighted by atomic mass is 32.1. The second-order valence-electron chi connectivity index (χ2n) is 6.21. The lowest BCUT2D eigenvalue weighted by Gasteiger charge is -2.26. The van der Waals surface area contributed by atoms with E-state index in [0.717, 1.165) is 19.6 Å². The molecule has 0 saturated carbocycles. The van der Waals surface area contributed by atoms with Gasteiger partial charge in [-0.1, -0.05) is 12.5 Å². The number of hydrogen-bond acceptors (Lipinski definition) is 4. The molecule has 0 unspecified atom stereocenters. The second kappa shape index (κ2) is 10.3. The van der Waals surface area contributed by atoms with Gasteiger partial charge in [0.25, 0.3) is 0 Å². The van der Waals surface area contributed by atoms with Crippen LogP contribution in [0.3, 0.4) is 0 Å². The Kier molecular flexibility index (Phi) is 8.04. The van der Waals surface area contributed by atoms with Gasteiger partial charge in [0.2, 0.25) is 5.91 Å². The zero-order chi connectivity index (χ0) is 17.2. The first-order valence-electron chi connectivity index (χ1n) is 8.62. The molecule has 0 atom stereocenters. The van der Waals surface area contributed by atoms with Crippen molar-refractivity contribution >= 4 is 23.2 Å². The van der Waals surface area contributed by atoms with Crippen molar-refractivity contribution in [2.45, 2.75) is 25.8 Å². The van der Waals surface area contributed by atoms with Gasteiger partial charge < -0.3 is 20.4 Å². The number of carbonyl (C=O) groups excluding carboxylic acids is 1. The van der Waals surface area contributed by atoms with Crippen LogP contribution in [0.2, 0.25) is 0 Å². The lowest BCUT2D eigenvalue weighted by atomic mass is 10.1. The third-order valence-electron chi connectivity index (χ3n) is 4.05. The van der Waals surface area contributed by atoms with Crippen LogP contribution in [0.25, 0.3) is 0 Å². The Bertz CT molecular complexity index is 509. The predicted molar refractivity (Wildman–Crippen MR) is 100 cm³/mol. The zero-order valence-electron chi connectivity index (χ0n) is 14.8. The molecule has 1 aliphatic heterocycles. The SMILES string of the molecule is CN(C)C(=O)CN=C(NCCN1CCCCC1)NCc1cccs1. The number of likely N-dealkylation sites (N-methyl/N-ethyl adjacent to an activating group) is 1. The van der Waals surface area contributed by atoms with Crippen molar-refractivity contribution in [3.8, 4) is 0 Å². The van der Waals surface area contributed by atoms with E-state index < -0.39 is 0 Å². The van der Waals surface area contributed by atoms with E-state index in [4.69, 9.17) is 0 Å². The Morgan fingerprint density at radius 3 is 2.75 bits per heavy atom. The molecule has 0 spiro atoms. The van der Waals surface area contributed by atoms with Crippen molar-refractivity contribution in [2.24, 2.45) is 4.99 Å². The molecule has 2 rings (SSSR count). The van der Waals surface area contributed by atoms with Gasteiger partial charge in [-0.05, 0) is 37.4 Å². The minimum Gasteiger partial charge on any atom is -0.355 e. The molecule has 24 heavy (non-hydrogen) atoms. The fourth-order valence-corrected chi connectivity index (χ4v) is 3.21. The summed E-state index contributed by atoms with van der Waals surface area (Å²) in [5.41, 5.74) is 0.